The lowest BCUT2D eigenvalue weighted by molar-refractivity contribution is 0.414. The molecule has 7 rings (SSSR count). The van der Waals surface area contributed by atoms with E-state index < -0.39 is 0 Å². The van der Waals surface area contributed by atoms with Gasteiger partial charge in [0.05, 0.1) is 41.2 Å². The predicted octanol–water partition coefficient (Wildman–Crippen LogP) is 8.19. The Morgan fingerprint density at radius 2 is 1.49 bits per heavy atom. The monoisotopic (exact) mass is 586 g/mol. The Hall–Kier alpha value is -6.38. The normalized spacial score (nSPS) is 11.0. The lowest BCUT2D eigenvalue weighted by Crippen LogP contribution is -1.98. The average Bonchev–Trinajstić information content (AvgIpc) is 3.68. The van der Waals surface area contributed by atoms with Crippen molar-refractivity contribution < 1.29 is 9.47 Å². The van der Waals surface area contributed by atoms with Crippen LogP contribution in [0.3, 0.4) is 0 Å². The first kappa shape index (κ1) is 27.5. The van der Waals surface area contributed by atoms with Gasteiger partial charge in [0, 0.05) is 52.5 Å². The second-order valence-electron chi connectivity index (χ2n) is 10.7. The number of ether oxygens (including phenoxy) is 2. The number of hydrogen-bond acceptors (Lipinski definition) is 6. The van der Waals surface area contributed by atoms with E-state index in [9.17, 15) is 10.5 Å². The van der Waals surface area contributed by atoms with E-state index in [0.717, 1.165) is 50.2 Å². The molecule has 0 aliphatic heterocycles. The van der Waals surface area contributed by atoms with Crippen LogP contribution in [-0.2, 0) is 0 Å². The van der Waals surface area contributed by atoms with Gasteiger partial charge in [0.2, 0.25) is 0 Å². The van der Waals surface area contributed by atoms with Crippen LogP contribution < -0.4 is 9.47 Å². The fourth-order valence-corrected chi connectivity index (χ4v) is 5.89. The van der Waals surface area contributed by atoms with Gasteiger partial charge in [-0.05, 0) is 61.4 Å². The summed E-state index contributed by atoms with van der Waals surface area (Å²) in [6, 6.07) is 32.1. The Labute approximate surface area is 259 Å². The van der Waals surface area contributed by atoms with Crippen molar-refractivity contribution in [1.29, 1.82) is 10.5 Å². The number of nitriles is 2. The van der Waals surface area contributed by atoms with Gasteiger partial charge in [-0.25, -0.2) is 9.67 Å². The minimum absolute atomic E-state index is 0.478. The number of para-hydroxylation sites is 1. The van der Waals surface area contributed by atoms with Crippen LogP contribution >= 0.6 is 0 Å². The smallest absolute Gasteiger partial charge is 0.141 e. The Kier molecular flexibility index (Phi) is 6.73. The zero-order valence-corrected chi connectivity index (χ0v) is 24.8. The molecule has 7 aromatic rings. The number of benzene rings is 4. The van der Waals surface area contributed by atoms with Crippen LogP contribution in [0.4, 0.5) is 0 Å². The van der Waals surface area contributed by atoms with E-state index in [1.54, 1.807) is 24.2 Å². The summed E-state index contributed by atoms with van der Waals surface area (Å²) in [7, 11) is 1.64. The van der Waals surface area contributed by atoms with Gasteiger partial charge in [-0.3, -0.25) is 4.57 Å². The highest BCUT2D eigenvalue weighted by molar-refractivity contribution is 6.09. The number of hydrogen-bond donors (Lipinski definition) is 0. The molecule has 4 aromatic carbocycles. The summed E-state index contributed by atoms with van der Waals surface area (Å²) < 4.78 is 15.7. The van der Waals surface area contributed by atoms with Crippen molar-refractivity contribution in [2.24, 2.45) is 0 Å². The number of pyridine rings is 1. The topological polar surface area (TPSA) is 102 Å². The molecular formula is C37H26N6O2. The number of aromatic nitrogens is 4. The molecule has 0 saturated carbocycles. The fraction of sp³-hybridized carbons (Fsp3) is 0.0811. The molecule has 8 heteroatoms. The fourth-order valence-electron chi connectivity index (χ4n) is 5.89. The molecule has 0 atom stereocenters. The predicted molar refractivity (Wildman–Crippen MR) is 173 cm³/mol. The van der Waals surface area contributed by atoms with Gasteiger partial charge in [-0.15, -0.1) is 0 Å². The van der Waals surface area contributed by atoms with Crippen LogP contribution in [0.15, 0.2) is 104 Å². The maximum absolute atomic E-state index is 9.87. The summed E-state index contributed by atoms with van der Waals surface area (Å²) in [6.07, 6.45) is 5.26. The second-order valence-corrected chi connectivity index (χ2v) is 10.7. The summed E-state index contributed by atoms with van der Waals surface area (Å²) in [6.45, 7) is 3.76. The second kappa shape index (κ2) is 11.0. The third-order valence-electron chi connectivity index (χ3n) is 7.96. The molecule has 8 nitrogen and oxygen atoms in total. The molecule has 0 saturated heterocycles. The van der Waals surface area contributed by atoms with Gasteiger partial charge >= 0.3 is 0 Å². The van der Waals surface area contributed by atoms with Crippen molar-refractivity contribution in [1.82, 2.24) is 19.3 Å². The van der Waals surface area contributed by atoms with Crippen LogP contribution in [-0.4, -0.2) is 26.4 Å². The van der Waals surface area contributed by atoms with E-state index in [1.165, 1.54) is 0 Å². The largest absolute Gasteiger partial charge is 0.497 e. The number of aryl methyl sites for hydroxylation is 2. The van der Waals surface area contributed by atoms with Gasteiger partial charge in [-0.2, -0.15) is 15.6 Å². The molecule has 45 heavy (non-hydrogen) atoms. The molecule has 0 aliphatic rings. The number of rotatable bonds is 6. The number of nitrogens with zero attached hydrogens (tertiary/aromatic N) is 6. The van der Waals surface area contributed by atoms with Crippen LogP contribution in [0.5, 0.6) is 17.2 Å². The molecule has 0 radical (unpaired) electrons. The minimum atomic E-state index is 0.478. The van der Waals surface area contributed by atoms with E-state index in [0.29, 0.717) is 33.8 Å². The summed E-state index contributed by atoms with van der Waals surface area (Å²) >= 11 is 0. The molecule has 216 valence electrons. The van der Waals surface area contributed by atoms with Crippen molar-refractivity contribution in [3.63, 3.8) is 0 Å². The van der Waals surface area contributed by atoms with E-state index in [-0.39, 0.29) is 0 Å². The Morgan fingerprint density at radius 1 is 0.733 bits per heavy atom. The molecule has 3 heterocycles. The Bertz CT molecular complexity index is 2310. The van der Waals surface area contributed by atoms with Crippen LogP contribution in [0.1, 0.15) is 22.3 Å². The first-order valence-electron chi connectivity index (χ1n) is 14.3. The standard InChI is InChI=1S/C37H26N6O2/c1-23-15-24(2)33(20-39)37(32(23)19-38)25-21-41-42(22-25)26-7-6-8-28(16-26)45-29-11-12-31-30-9-4-5-10-34(30)43(35(31)17-29)36-18-27(44-3)13-14-40-36/h4-18,21-22H,1-3H3. The van der Waals surface area contributed by atoms with Gasteiger partial charge in [0.1, 0.15) is 35.2 Å². The quantitative estimate of drug-likeness (QED) is 0.195. The van der Waals surface area contributed by atoms with E-state index >= 15 is 0 Å². The van der Waals surface area contributed by atoms with Crippen molar-refractivity contribution in [2.45, 2.75) is 13.8 Å². The molecule has 0 aliphatic carbocycles. The molecule has 0 amide bonds. The molecule has 0 spiro atoms. The maximum atomic E-state index is 9.87. The average molecular weight is 587 g/mol. The van der Waals surface area contributed by atoms with Crippen molar-refractivity contribution in [3.05, 3.63) is 126 Å². The van der Waals surface area contributed by atoms with Gasteiger partial charge in [-0.1, -0.05) is 30.3 Å². The summed E-state index contributed by atoms with van der Waals surface area (Å²) in [5.74, 6) is 2.77. The molecule has 0 unspecified atom stereocenters. The molecule has 3 aromatic heterocycles. The van der Waals surface area contributed by atoms with Crippen molar-refractivity contribution in [2.75, 3.05) is 7.11 Å². The van der Waals surface area contributed by atoms with Gasteiger partial charge in [0.25, 0.3) is 0 Å². The molecule has 0 fully saturated rings. The van der Waals surface area contributed by atoms with E-state index in [1.807, 2.05) is 86.8 Å². The third-order valence-corrected chi connectivity index (χ3v) is 7.96. The third kappa shape index (κ3) is 4.71. The summed E-state index contributed by atoms with van der Waals surface area (Å²) in [5, 5.41) is 26.5. The zero-order chi connectivity index (χ0) is 31.1. The maximum Gasteiger partial charge on any atom is 0.141 e. The molecule has 0 bridgehead atoms. The van der Waals surface area contributed by atoms with Crippen LogP contribution in [0.2, 0.25) is 0 Å². The lowest BCUT2D eigenvalue weighted by atomic mass is 9.90. The highest BCUT2D eigenvalue weighted by atomic mass is 16.5. The highest BCUT2D eigenvalue weighted by Crippen LogP contribution is 2.36. The van der Waals surface area contributed by atoms with Crippen LogP contribution in [0.25, 0.3) is 44.4 Å². The van der Waals surface area contributed by atoms with Gasteiger partial charge in [0.15, 0.2) is 0 Å². The summed E-state index contributed by atoms with van der Waals surface area (Å²) in [5.41, 5.74) is 6.67. The minimum Gasteiger partial charge on any atom is -0.497 e. The Morgan fingerprint density at radius 3 is 2.27 bits per heavy atom. The van der Waals surface area contributed by atoms with E-state index in [4.69, 9.17) is 9.47 Å². The number of fused-ring (bicyclic) bond motifs is 3. The van der Waals surface area contributed by atoms with Crippen LogP contribution in [0, 0.1) is 36.5 Å². The van der Waals surface area contributed by atoms with E-state index in [2.05, 4.69) is 45.0 Å². The first-order chi connectivity index (χ1) is 22.0. The number of methoxy groups -OCH3 is 1. The summed E-state index contributed by atoms with van der Waals surface area (Å²) in [4.78, 5) is 4.64. The lowest BCUT2D eigenvalue weighted by Gasteiger charge is -2.11. The Balaban J connectivity index is 1.26. The van der Waals surface area contributed by atoms with Crippen molar-refractivity contribution >= 4 is 21.8 Å². The first-order valence-corrected chi connectivity index (χ1v) is 14.3. The highest BCUT2D eigenvalue weighted by Gasteiger charge is 2.18. The molecule has 0 N–H and O–H groups in total. The molecular weight excluding hydrogens is 560 g/mol. The zero-order valence-electron chi connectivity index (χ0n) is 24.8. The van der Waals surface area contributed by atoms with Crippen molar-refractivity contribution in [3.8, 4) is 52.0 Å². The SMILES string of the molecule is COc1ccnc(-n2c3ccccc3c3ccc(Oc4cccc(-n5cc(-c6c(C#N)c(C)cc(C)c6C#N)cn5)c4)cc32)c1. The van der Waals surface area contributed by atoms with Gasteiger partial charge < -0.3 is 9.47 Å².